The molecule has 1 heterocycles. The van der Waals surface area contributed by atoms with Gasteiger partial charge >= 0.3 is 0 Å². The first-order valence-electron chi connectivity index (χ1n) is 17.8. The number of amides is 1. The van der Waals surface area contributed by atoms with Crippen LogP contribution in [0.3, 0.4) is 0 Å². The van der Waals surface area contributed by atoms with Gasteiger partial charge in [0.25, 0.3) is 26.1 Å². The van der Waals surface area contributed by atoms with Crippen LogP contribution in [0.1, 0.15) is 0 Å². The number of hydrogen-bond acceptors (Lipinski definition) is 26. The van der Waals surface area contributed by atoms with Crippen LogP contribution in [0.15, 0.2) is 128 Å². The highest BCUT2D eigenvalue weighted by Gasteiger charge is 2.30. The molecule has 0 radical (unpaired) electrons. The summed E-state index contributed by atoms with van der Waals surface area (Å²) in [6.07, 6.45) is 1.19. The van der Waals surface area contributed by atoms with Crippen molar-refractivity contribution in [3.05, 3.63) is 72.8 Å². The van der Waals surface area contributed by atoms with Gasteiger partial charge < -0.3 is 29.9 Å². The van der Waals surface area contributed by atoms with E-state index in [9.17, 15) is 51.2 Å². The minimum absolute atomic E-state index is 0.136. The van der Waals surface area contributed by atoms with Gasteiger partial charge in [-0.15, -0.1) is 29.1 Å². The van der Waals surface area contributed by atoms with Crippen LogP contribution in [0.4, 0.5) is 34.1 Å². The van der Waals surface area contributed by atoms with E-state index in [0.717, 1.165) is 41.4 Å². The van der Waals surface area contributed by atoms with Gasteiger partial charge in [0.1, 0.15) is 58.1 Å². The fourth-order valence-electron chi connectivity index (χ4n) is 5.58. The van der Waals surface area contributed by atoms with E-state index in [1.165, 1.54) is 24.4 Å². The zero-order valence-corrected chi connectivity index (χ0v) is 36.0. The Bertz CT molecular complexity index is 2960. The molecule has 5 aromatic carbocycles. The molecule has 0 bridgehead atoms. The van der Waals surface area contributed by atoms with Gasteiger partial charge in [0.05, 0.1) is 70.1 Å². The Kier molecular flexibility index (Phi) is 16.2. The highest BCUT2D eigenvalue weighted by molar-refractivity contribution is 7.95. The third kappa shape index (κ3) is 11.9. The van der Waals surface area contributed by atoms with Crippen LogP contribution < -0.4 is 14.5 Å². The first-order valence-corrected chi connectivity index (χ1v) is 22.2. The molecule has 8 N–H and O–H groups in total. The number of nitrogens with zero attached hydrogens (tertiary/aromatic N) is 8. The summed E-state index contributed by atoms with van der Waals surface area (Å²) in [5, 5.41) is 93.8. The van der Waals surface area contributed by atoms with Crippen LogP contribution in [-0.2, 0) is 43.8 Å². The Hall–Kier alpha value is -6.30. The quantitative estimate of drug-likeness (QED) is 0.0125. The first-order chi connectivity index (χ1) is 31.6. The molecule has 0 saturated heterocycles. The molecule has 0 saturated carbocycles. The normalized spacial score (nSPS) is 14.5. The van der Waals surface area contributed by atoms with E-state index in [1.54, 1.807) is 12.1 Å². The van der Waals surface area contributed by atoms with E-state index in [0.29, 0.717) is 28.7 Å². The molecular weight excluding hydrogens is 965 g/mol. The molecule has 6 rings (SSSR count). The summed E-state index contributed by atoms with van der Waals surface area (Å²) in [6, 6.07) is 13.2. The zero-order valence-electron chi connectivity index (χ0n) is 32.7. The Morgan fingerprint density at radius 1 is 0.712 bits per heavy atom. The van der Waals surface area contributed by atoms with Crippen LogP contribution >= 0.6 is 24.1 Å². The van der Waals surface area contributed by atoms with Gasteiger partial charge in [-0.25, -0.2) is 10.5 Å². The van der Waals surface area contributed by atoms with Gasteiger partial charge in [0, 0.05) is 23.1 Å². The Labute approximate surface area is 378 Å². The third-order valence-corrected chi connectivity index (χ3v) is 11.3. The smallest absolute Gasteiger partial charge is 0.296 e. The fraction of sp³-hybridized carbons (Fsp3) is 0.143. The highest BCUT2D eigenvalue weighted by atomic mass is 32.2. The second-order valence-corrected chi connectivity index (χ2v) is 16.9. The number of ether oxygens (including phenoxy) is 2. The van der Waals surface area contributed by atoms with Gasteiger partial charge in [-0.3, -0.25) is 13.9 Å². The molecule has 0 aromatic heterocycles. The first kappa shape index (κ1) is 49.1. The standard InChI is InChI=1S/C35H30N8O19S4/c44-7-9-57-28-16-25(40-42-33-30(64-62-60-50)12-18-11-22(65(51,52)53)14-27(46)32(18)34(33)47)29(58-10-8-45)15-24(28)39-38-23-6-1-19(13-31(23)66(54,55)56)37-41-26-17-36-43(35(26)48)20-2-4-21(5-3-20)63-61-59-49/h1-6,11-17,26,44-47,49-50H,7-10H2,(H,51,52,53)(H,54,55,56). The minimum Gasteiger partial charge on any atom is -0.507 e. The van der Waals surface area contributed by atoms with Crippen molar-refractivity contribution >= 4 is 101 Å². The molecule has 1 atom stereocenters. The second-order valence-electron chi connectivity index (χ2n) is 12.6. The second kappa shape index (κ2) is 21.8. The number of hydrazone groups is 1. The summed E-state index contributed by atoms with van der Waals surface area (Å²) in [5.74, 6) is -2.57. The van der Waals surface area contributed by atoms with Crippen molar-refractivity contribution in [2.24, 2.45) is 35.8 Å². The summed E-state index contributed by atoms with van der Waals surface area (Å²) >= 11 is 0.958. The van der Waals surface area contributed by atoms with Crippen LogP contribution in [0.5, 0.6) is 23.0 Å². The summed E-state index contributed by atoms with van der Waals surface area (Å²) in [7, 11) is -9.84. The van der Waals surface area contributed by atoms with Gasteiger partial charge in [-0.1, -0.05) is 10.1 Å². The summed E-state index contributed by atoms with van der Waals surface area (Å²) < 4.78 is 88.3. The molecule has 1 amide bonds. The Morgan fingerprint density at radius 3 is 1.94 bits per heavy atom. The number of carbonyl (C=O) groups excluding carboxylic acids is 1. The van der Waals surface area contributed by atoms with E-state index in [-0.39, 0.29) is 69.5 Å². The number of phenols is 2. The maximum atomic E-state index is 13.0. The molecule has 0 fully saturated rings. The summed E-state index contributed by atoms with van der Waals surface area (Å²) in [5.41, 5.74) is -1.06. The fourth-order valence-corrected chi connectivity index (χ4v) is 7.61. The van der Waals surface area contributed by atoms with Crippen molar-refractivity contribution < 1.29 is 89.9 Å². The van der Waals surface area contributed by atoms with Crippen molar-refractivity contribution in [3.8, 4) is 23.0 Å². The lowest BCUT2D eigenvalue weighted by molar-refractivity contribution is -0.432. The maximum Gasteiger partial charge on any atom is 0.296 e. The van der Waals surface area contributed by atoms with Crippen molar-refractivity contribution in [2.75, 3.05) is 31.4 Å². The molecule has 0 aliphatic carbocycles. The van der Waals surface area contributed by atoms with Gasteiger partial charge in [0.15, 0.2) is 11.8 Å². The predicted octanol–water partition coefficient (Wildman–Crippen LogP) is 6.66. The van der Waals surface area contributed by atoms with E-state index >= 15 is 0 Å². The van der Waals surface area contributed by atoms with Crippen LogP contribution in [0, 0.1) is 0 Å². The zero-order chi connectivity index (χ0) is 47.6. The maximum absolute atomic E-state index is 13.0. The minimum atomic E-state index is -5.03. The van der Waals surface area contributed by atoms with Crippen molar-refractivity contribution in [2.45, 2.75) is 25.6 Å². The molecule has 0 spiro atoms. The van der Waals surface area contributed by atoms with E-state index in [2.05, 4.69) is 54.5 Å². The van der Waals surface area contributed by atoms with E-state index in [1.807, 2.05) is 0 Å². The molecule has 66 heavy (non-hydrogen) atoms. The van der Waals surface area contributed by atoms with E-state index in [4.69, 9.17) is 20.0 Å². The SMILES string of the molecule is O=C1C(N=Nc2ccc(N=Nc3cc(OCCO)c(N=Nc4c(SOOO)cc5cc(S(=O)(=O)O)cc(O)c5c4O)cc3OCCO)c(S(=O)(=O)O)c2)C=NN1c1ccc(SOOO)cc1. The monoisotopic (exact) mass is 994 g/mol. The number of azo groups is 3. The van der Waals surface area contributed by atoms with Crippen molar-refractivity contribution in [3.63, 3.8) is 0 Å². The Morgan fingerprint density at radius 2 is 1.33 bits per heavy atom. The lowest BCUT2D eigenvalue weighted by Crippen LogP contribution is -2.28. The van der Waals surface area contributed by atoms with E-state index < -0.39 is 78.1 Å². The van der Waals surface area contributed by atoms with Gasteiger partial charge in [0.2, 0.25) is 0 Å². The number of fused-ring (bicyclic) bond motifs is 1. The number of rotatable bonds is 21. The average Bonchev–Trinajstić information content (AvgIpc) is 3.66. The molecule has 5 aromatic rings. The lowest BCUT2D eigenvalue weighted by Gasteiger charge is -2.13. The number of hydrogen-bond donors (Lipinski definition) is 8. The van der Waals surface area contributed by atoms with Crippen LogP contribution in [0.25, 0.3) is 10.8 Å². The van der Waals surface area contributed by atoms with Crippen molar-refractivity contribution in [1.82, 2.24) is 0 Å². The average molecular weight is 995 g/mol. The number of aliphatic hydroxyl groups excluding tert-OH is 2. The molecule has 1 aliphatic heterocycles. The number of phenolic OH excluding ortho intramolecular Hbond substituents is 2. The lowest BCUT2D eigenvalue weighted by atomic mass is 10.1. The topological polar surface area (TPSA) is 392 Å². The summed E-state index contributed by atoms with van der Waals surface area (Å²) in [4.78, 5) is 11.8. The number of anilines is 1. The molecular formula is C35H30N8O19S4. The van der Waals surface area contributed by atoms with Crippen molar-refractivity contribution in [1.29, 1.82) is 0 Å². The number of benzene rings is 5. The van der Waals surface area contributed by atoms with Crippen LogP contribution in [0.2, 0.25) is 0 Å². The number of aromatic hydroxyl groups is 2. The largest absolute Gasteiger partial charge is 0.507 e. The molecule has 31 heteroatoms. The predicted molar refractivity (Wildman–Crippen MR) is 225 cm³/mol. The highest BCUT2D eigenvalue weighted by Crippen LogP contribution is 2.49. The number of carbonyl (C=O) groups is 1. The Balaban J connectivity index is 1.32. The molecule has 27 nitrogen and oxygen atoms in total. The summed E-state index contributed by atoms with van der Waals surface area (Å²) in [6.45, 7) is -1.70. The molecule has 1 unspecified atom stereocenters. The third-order valence-electron chi connectivity index (χ3n) is 8.36. The van der Waals surface area contributed by atoms with Gasteiger partial charge in [-0.05, 0) is 60.0 Å². The molecule has 1 aliphatic rings. The molecule has 348 valence electrons. The van der Waals surface area contributed by atoms with Gasteiger partial charge in [-0.2, -0.15) is 37.2 Å². The number of aliphatic hydroxyl groups is 2. The van der Waals surface area contributed by atoms with Crippen LogP contribution in [-0.4, -0.2) is 101 Å².